The van der Waals surface area contributed by atoms with Crippen LogP contribution in [0.15, 0.2) is 11.8 Å². The SMILES string of the molecule is C/C(=C/N(C)C1CC(OCSSC(C)(C)C)C(COP(O)OP(O)OP(O)O)O1)C(=O)NC=O. The zero-order valence-electron chi connectivity index (χ0n) is 19.3. The summed E-state index contributed by atoms with van der Waals surface area (Å²) in [5, 5.41) is 2.06. The van der Waals surface area contributed by atoms with Crippen molar-refractivity contribution in [1.29, 1.82) is 0 Å². The van der Waals surface area contributed by atoms with Crippen molar-refractivity contribution in [2.45, 2.75) is 57.3 Å². The molecule has 0 spiro atoms. The van der Waals surface area contributed by atoms with Gasteiger partial charge in [0.15, 0.2) is 0 Å². The fraction of sp³-hybridized carbons (Fsp3) is 0.750. The first-order valence-electron chi connectivity index (χ1n) is 9.70. The largest absolute Gasteiger partial charge is 0.364 e. The van der Waals surface area contributed by atoms with Crippen LogP contribution in [0, 0.1) is 0 Å². The molecule has 5 N–H and O–H groups in total. The highest BCUT2D eigenvalue weighted by atomic mass is 33.1. The molecule has 5 atom stereocenters. The maximum atomic E-state index is 11.8. The predicted molar refractivity (Wildman–Crippen MR) is 131 cm³/mol. The van der Waals surface area contributed by atoms with Gasteiger partial charge in [0.1, 0.15) is 18.3 Å². The average Bonchev–Trinajstić information content (AvgIpc) is 3.11. The smallest absolute Gasteiger partial charge is 0.344 e. The van der Waals surface area contributed by atoms with Crippen LogP contribution in [-0.4, -0.2) is 79.6 Å². The van der Waals surface area contributed by atoms with E-state index in [0.29, 0.717) is 24.3 Å². The topological polar surface area (TPSA) is 176 Å². The first kappa shape index (κ1) is 32.3. The second-order valence-corrected chi connectivity index (χ2v) is 13.8. The molecule has 0 saturated carbocycles. The molecule has 0 aromatic rings. The number of hydrogen-bond acceptors (Lipinski definition) is 14. The van der Waals surface area contributed by atoms with Gasteiger partial charge in [0.25, 0.3) is 5.91 Å². The second kappa shape index (κ2) is 16.2. The molecule has 0 aromatic carbocycles. The molecule has 1 saturated heterocycles. The molecule has 0 aromatic heterocycles. The van der Waals surface area contributed by atoms with E-state index in [1.54, 1.807) is 40.5 Å². The third-order valence-corrected chi connectivity index (χ3v) is 9.47. The molecule has 0 aliphatic carbocycles. The zero-order chi connectivity index (χ0) is 25.9. The fourth-order valence-electron chi connectivity index (χ4n) is 2.51. The second-order valence-electron chi connectivity index (χ2n) is 7.76. The number of hydrogen-bond donors (Lipinski definition) is 5. The molecular weight excluding hydrogens is 553 g/mol. The van der Waals surface area contributed by atoms with E-state index in [2.05, 4.69) is 34.7 Å². The lowest BCUT2D eigenvalue weighted by molar-refractivity contribution is -0.122. The number of imide groups is 1. The quantitative estimate of drug-likeness (QED) is 0.0474. The van der Waals surface area contributed by atoms with Gasteiger partial charge in [-0.25, -0.2) is 8.62 Å². The first-order valence-corrected chi connectivity index (χ1v) is 15.4. The van der Waals surface area contributed by atoms with Crippen LogP contribution in [0.2, 0.25) is 0 Å². The van der Waals surface area contributed by atoms with Gasteiger partial charge in [-0.15, -0.1) is 0 Å². The summed E-state index contributed by atoms with van der Waals surface area (Å²) in [6.07, 6.45) is 0.727. The molecule has 1 rings (SSSR count). The lowest BCUT2D eigenvalue weighted by Crippen LogP contribution is -2.30. The number of amides is 2. The molecule has 0 radical (unpaired) electrons. The lowest BCUT2D eigenvalue weighted by atomic mass is 10.2. The highest BCUT2D eigenvalue weighted by Crippen LogP contribution is 2.55. The Bertz CT molecular complexity index is 675. The molecule has 198 valence electrons. The summed E-state index contributed by atoms with van der Waals surface area (Å²) < 4.78 is 26.1. The summed E-state index contributed by atoms with van der Waals surface area (Å²) in [5.74, 6) is -0.167. The van der Waals surface area contributed by atoms with Crippen LogP contribution < -0.4 is 5.32 Å². The van der Waals surface area contributed by atoms with E-state index < -0.39 is 50.2 Å². The standard InChI is InChI=1S/C16H31N2O11P3S2/c1-11(15(20)17-9-19)7-18(5)14-6-12(25-10-33-34-16(2,3)4)13(27-14)8-26-31(23)29-32(24)28-30(21)22/h7,9,12-14,21-24H,6,8,10H2,1-5H3,(H,17,19,20)/b11-7-. The Balaban J connectivity index is 2.73. The predicted octanol–water partition coefficient (Wildman–Crippen LogP) is 2.43. The van der Waals surface area contributed by atoms with Gasteiger partial charge in [-0.1, -0.05) is 42.4 Å². The number of carbonyl (C=O) groups excluding carboxylic acids is 2. The van der Waals surface area contributed by atoms with E-state index in [4.69, 9.17) is 23.8 Å². The van der Waals surface area contributed by atoms with Gasteiger partial charge < -0.3 is 38.5 Å². The monoisotopic (exact) mass is 584 g/mol. The molecule has 13 nitrogen and oxygen atoms in total. The van der Waals surface area contributed by atoms with Crippen LogP contribution >= 0.6 is 47.4 Å². The van der Waals surface area contributed by atoms with E-state index in [-0.39, 0.29) is 11.4 Å². The maximum absolute atomic E-state index is 11.8. The highest BCUT2D eigenvalue weighted by Gasteiger charge is 2.39. The molecule has 1 heterocycles. The van der Waals surface area contributed by atoms with Gasteiger partial charge in [-0.2, -0.15) is 0 Å². The van der Waals surface area contributed by atoms with E-state index in [0.717, 1.165) is 0 Å². The minimum Gasteiger partial charge on any atom is -0.364 e. The number of ether oxygens (including phenoxy) is 2. The van der Waals surface area contributed by atoms with E-state index in [1.807, 2.05) is 0 Å². The van der Waals surface area contributed by atoms with Gasteiger partial charge in [-0.05, 0) is 6.92 Å². The van der Waals surface area contributed by atoms with Crippen LogP contribution in [0.25, 0.3) is 0 Å². The maximum Gasteiger partial charge on any atom is 0.344 e. The summed E-state index contributed by atoms with van der Waals surface area (Å²) >= 11 is 0. The van der Waals surface area contributed by atoms with E-state index in [9.17, 15) is 19.4 Å². The molecule has 1 aliphatic rings. The van der Waals surface area contributed by atoms with Crippen LogP contribution in [0.4, 0.5) is 0 Å². The average molecular weight is 584 g/mol. The minimum absolute atomic E-state index is 0.0497. The Morgan fingerprint density at radius 2 is 1.91 bits per heavy atom. The molecule has 34 heavy (non-hydrogen) atoms. The summed E-state index contributed by atoms with van der Waals surface area (Å²) in [6.45, 7) is 7.65. The Morgan fingerprint density at radius 3 is 2.50 bits per heavy atom. The van der Waals surface area contributed by atoms with Crippen LogP contribution in [-0.2, 0) is 32.2 Å². The minimum atomic E-state index is -2.85. The molecule has 5 unspecified atom stereocenters. The van der Waals surface area contributed by atoms with Gasteiger partial charge >= 0.3 is 25.8 Å². The van der Waals surface area contributed by atoms with Crippen LogP contribution in [0.1, 0.15) is 34.1 Å². The Hall–Kier alpha value is 0.310. The van der Waals surface area contributed by atoms with Crippen molar-refractivity contribution in [1.82, 2.24) is 10.2 Å². The van der Waals surface area contributed by atoms with E-state index in [1.165, 1.54) is 6.20 Å². The Morgan fingerprint density at radius 1 is 1.24 bits per heavy atom. The zero-order valence-corrected chi connectivity index (χ0v) is 23.6. The molecule has 18 heteroatoms. The highest BCUT2D eigenvalue weighted by molar-refractivity contribution is 8.77. The Kier molecular flexibility index (Phi) is 15.4. The third-order valence-electron chi connectivity index (χ3n) is 3.85. The van der Waals surface area contributed by atoms with Gasteiger partial charge in [-0.3, -0.25) is 14.9 Å². The summed E-state index contributed by atoms with van der Waals surface area (Å²) in [5.41, 5.74) is 0.295. The van der Waals surface area contributed by atoms with Gasteiger partial charge in [0, 0.05) is 30.0 Å². The van der Waals surface area contributed by atoms with Crippen LogP contribution in [0.3, 0.4) is 0 Å². The van der Waals surface area contributed by atoms with Crippen molar-refractivity contribution in [3.63, 3.8) is 0 Å². The molecule has 0 bridgehead atoms. The normalized spacial score (nSPS) is 23.1. The number of nitrogens with one attached hydrogen (secondary N) is 1. The van der Waals surface area contributed by atoms with E-state index >= 15 is 0 Å². The van der Waals surface area contributed by atoms with Crippen molar-refractivity contribution >= 4 is 59.7 Å². The van der Waals surface area contributed by atoms with Gasteiger partial charge in [0.2, 0.25) is 6.41 Å². The summed E-state index contributed by atoms with van der Waals surface area (Å²) in [4.78, 5) is 60.5. The van der Waals surface area contributed by atoms with Crippen molar-refractivity contribution in [2.75, 3.05) is 19.6 Å². The fourth-order valence-corrected chi connectivity index (χ4v) is 6.34. The van der Waals surface area contributed by atoms with Gasteiger partial charge in [0.05, 0.1) is 12.7 Å². The van der Waals surface area contributed by atoms with Crippen molar-refractivity contribution < 1.29 is 51.8 Å². The lowest BCUT2D eigenvalue weighted by Gasteiger charge is -2.23. The van der Waals surface area contributed by atoms with Crippen molar-refractivity contribution in [2.24, 2.45) is 0 Å². The first-order chi connectivity index (χ1) is 15.8. The number of rotatable bonds is 15. The van der Waals surface area contributed by atoms with Crippen molar-refractivity contribution in [3.8, 4) is 0 Å². The molecule has 2 amide bonds. The molecular formula is C16H31N2O11P3S2. The van der Waals surface area contributed by atoms with Crippen LogP contribution in [0.5, 0.6) is 0 Å². The Labute approximate surface area is 210 Å². The number of nitrogens with zero attached hydrogens (tertiary/aromatic N) is 1. The summed E-state index contributed by atoms with van der Waals surface area (Å²) in [6, 6.07) is 0. The van der Waals surface area contributed by atoms with Crippen molar-refractivity contribution in [3.05, 3.63) is 11.8 Å². The summed E-state index contributed by atoms with van der Waals surface area (Å²) in [7, 11) is -3.26. The number of carbonyl (C=O) groups is 2. The molecule has 1 fully saturated rings. The molecule has 1 aliphatic heterocycles. The third kappa shape index (κ3) is 13.6.